The molecule has 1 atom stereocenters. The molecular weight excluding hydrogens is 354 g/mol. The van der Waals surface area contributed by atoms with E-state index in [0.29, 0.717) is 0 Å². The predicted octanol–water partition coefficient (Wildman–Crippen LogP) is 0.947. The number of benzene rings is 1. The van der Waals surface area contributed by atoms with Crippen molar-refractivity contribution >= 4 is 5.96 Å². The summed E-state index contributed by atoms with van der Waals surface area (Å²) in [7, 11) is 0. The van der Waals surface area contributed by atoms with Gasteiger partial charge >= 0.3 is 0 Å². The standard InChI is InChI=1S/C21H35N5O2/c1-2-22-21(23-8-9-25-10-14-27-15-11-25)24-18-20(19-6-4-3-5-7-19)26-12-16-28-17-13-26/h3-7,20H,2,8-18H2,1H3,(H2,22,23,24). The zero-order valence-corrected chi connectivity index (χ0v) is 17.1. The van der Waals surface area contributed by atoms with E-state index in [1.54, 1.807) is 0 Å². The lowest BCUT2D eigenvalue weighted by Gasteiger charge is -2.34. The number of guanidine groups is 1. The molecule has 28 heavy (non-hydrogen) atoms. The Labute approximate surface area is 169 Å². The minimum absolute atomic E-state index is 0.278. The van der Waals surface area contributed by atoms with Crippen LogP contribution >= 0.6 is 0 Å². The highest BCUT2D eigenvalue weighted by atomic mass is 16.5. The van der Waals surface area contributed by atoms with E-state index in [1.165, 1.54) is 5.56 Å². The molecular formula is C21H35N5O2. The van der Waals surface area contributed by atoms with Crippen molar-refractivity contribution in [1.82, 2.24) is 20.4 Å². The average Bonchev–Trinajstić information content (AvgIpc) is 2.76. The molecule has 2 saturated heterocycles. The molecule has 0 spiro atoms. The second-order valence-corrected chi connectivity index (χ2v) is 7.18. The summed E-state index contributed by atoms with van der Waals surface area (Å²) in [6.07, 6.45) is 0. The smallest absolute Gasteiger partial charge is 0.191 e. The number of nitrogens with one attached hydrogen (secondary N) is 2. The van der Waals surface area contributed by atoms with Gasteiger partial charge in [-0.25, -0.2) is 0 Å². The van der Waals surface area contributed by atoms with Gasteiger partial charge in [0.2, 0.25) is 0 Å². The fraction of sp³-hybridized carbons (Fsp3) is 0.667. The molecule has 3 rings (SSSR count). The third-order valence-electron chi connectivity index (χ3n) is 5.26. The second-order valence-electron chi connectivity index (χ2n) is 7.18. The molecule has 0 bridgehead atoms. The summed E-state index contributed by atoms with van der Waals surface area (Å²) in [5.41, 5.74) is 1.32. The number of aliphatic imine (C=N–C) groups is 1. The van der Waals surface area contributed by atoms with E-state index in [0.717, 1.165) is 84.7 Å². The van der Waals surface area contributed by atoms with Crippen LogP contribution in [0.15, 0.2) is 35.3 Å². The van der Waals surface area contributed by atoms with Gasteiger partial charge in [-0.15, -0.1) is 0 Å². The van der Waals surface area contributed by atoms with Crippen molar-refractivity contribution in [3.05, 3.63) is 35.9 Å². The van der Waals surface area contributed by atoms with Crippen molar-refractivity contribution in [2.24, 2.45) is 4.99 Å². The lowest BCUT2D eigenvalue weighted by Crippen LogP contribution is -2.45. The highest BCUT2D eigenvalue weighted by molar-refractivity contribution is 5.79. The van der Waals surface area contributed by atoms with Gasteiger partial charge < -0.3 is 20.1 Å². The van der Waals surface area contributed by atoms with Gasteiger partial charge in [-0.1, -0.05) is 30.3 Å². The van der Waals surface area contributed by atoms with Gasteiger partial charge in [0.05, 0.1) is 39.0 Å². The number of nitrogens with zero attached hydrogens (tertiary/aromatic N) is 3. The Morgan fingerprint density at radius 3 is 2.36 bits per heavy atom. The molecule has 1 aromatic carbocycles. The summed E-state index contributed by atoms with van der Waals surface area (Å²) >= 11 is 0. The summed E-state index contributed by atoms with van der Waals surface area (Å²) in [5.74, 6) is 0.893. The van der Waals surface area contributed by atoms with Crippen molar-refractivity contribution in [1.29, 1.82) is 0 Å². The van der Waals surface area contributed by atoms with Gasteiger partial charge in [0, 0.05) is 45.8 Å². The molecule has 7 nitrogen and oxygen atoms in total. The SMILES string of the molecule is CCNC(=NCC(c1ccccc1)N1CCOCC1)NCCN1CCOCC1. The molecule has 1 unspecified atom stereocenters. The minimum Gasteiger partial charge on any atom is -0.379 e. The van der Waals surface area contributed by atoms with Crippen LogP contribution in [0.25, 0.3) is 0 Å². The Kier molecular flexibility index (Phi) is 9.03. The van der Waals surface area contributed by atoms with Gasteiger partial charge in [-0.3, -0.25) is 14.8 Å². The molecule has 2 aliphatic heterocycles. The molecule has 0 amide bonds. The molecule has 2 N–H and O–H groups in total. The molecule has 7 heteroatoms. The van der Waals surface area contributed by atoms with Crippen LogP contribution in [0.3, 0.4) is 0 Å². The van der Waals surface area contributed by atoms with E-state index >= 15 is 0 Å². The van der Waals surface area contributed by atoms with E-state index in [4.69, 9.17) is 14.5 Å². The van der Waals surface area contributed by atoms with E-state index in [9.17, 15) is 0 Å². The van der Waals surface area contributed by atoms with E-state index in [-0.39, 0.29) is 6.04 Å². The van der Waals surface area contributed by atoms with Crippen molar-refractivity contribution < 1.29 is 9.47 Å². The van der Waals surface area contributed by atoms with E-state index < -0.39 is 0 Å². The quantitative estimate of drug-likeness (QED) is 0.510. The normalized spacial score (nSPS) is 20.7. The Morgan fingerprint density at radius 2 is 1.68 bits per heavy atom. The van der Waals surface area contributed by atoms with Gasteiger partial charge in [-0.2, -0.15) is 0 Å². The fourth-order valence-electron chi connectivity index (χ4n) is 3.67. The molecule has 0 aromatic heterocycles. The molecule has 0 radical (unpaired) electrons. The highest BCUT2D eigenvalue weighted by Gasteiger charge is 2.22. The van der Waals surface area contributed by atoms with Gasteiger partial charge in [0.15, 0.2) is 5.96 Å². The first-order valence-electron chi connectivity index (χ1n) is 10.6. The first kappa shape index (κ1) is 21.0. The Hall–Kier alpha value is -1.67. The maximum absolute atomic E-state index is 5.54. The molecule has 156 valence electrons. The maximum Gasteiger partial charge on any atom is 0.191 e. The predicted molar refractivity (Wildman–Crippen MR) is 113 cm³/mol. The Balaban J connectivity index is 1.58. The zero-order valence-electron chi connectivity index (χ0n) is 17.1. The minimum atomic E-state index is 0.278. The largest absolute Gasteiger partial charge is 0.379 e. The van der Waals surface area contributed by atoms with Crippen LogP contribution in [0.2, 0.25) is 0 Å². The van der Waals surface area contributed by atoms with Crippen LogP contribution in [0, 0.1) is 0 Å². The first-order chi connectivity index (χ1) is 13.9. The third-order valence-corrected chi connectivity index (χ3v) is 5.26. The summed E-state index contributed by atoms with van der Waals surface area (Å²) in [5, 5.41) is 6.87. The Morgan fingerprint density at radius 1 is 1.00 bits per heavy atom. The molecule has 2 heterocycles. The second kappa shape index (κ2) is 12.0. The summed E-state index contributed by atoms with van der Waals surface area (Å²) in [6, 6.07) is 11.0. The summed E-state index contributed by atoms with van der Waals surface area (Å²) in [4.78, 5) is 9.83. The average molecular weight is 390 g/mol. The first-order valence-corrected chi connectivity index (χ1v) is 10.6. The van der Waals surface area contributed by atoms with Gasteiger partial charge in [0.1, 0.15) is 0 Å². The lowest BCUT2D eigenvalue weighted by atomic mass is 10.1. The van der Waals surface area contributed by atoms with E-state index in [2.05, 4.69) is 57.7 Å². The van der Waals surface area contributed by atoms with Crippen molar-refractivity contribution in [2.75, 3.05) is 78.8 Å². The van der Waals surface area contributed by atoms with Crippen LogP contribution in [0.5, 0.6) is 0 Å². The maximum atomic E-state index is 5.54. The lowest BCUT2D eigenvalue weighted by molar-refractivity contribution is 0.0179. The van der Waals surface area contributed by atoms with Gasteiger partial charge in [-0.05, 0) is 12.5 Å². The van der Waals surface area contributed by atoms with Crippen LogP contribution < -0.4 is 10.6 Å². The van der Waals surface area contributed by atoms with Crippen molar-refractivity contribution in [3.8, 4) is 0 Å². The van der Waals surface area contributed by atoms with Gasteiger partial charge in [0.25, 0.3) is 0 Å². The molecule has 2 aliphatic rings. The molecule has 0 saturated carbocycles. The molecule has 0 aliphatic carbocycles. The Bertz CT molecular complexity index is 571. The summed E-state index contributed by atoms with van der Waals surface area (Å²) in [6.45, 7) is 12.8. The van der Waals surface area contributed by atoms with Crippen LogP contribution in [0.4, 0.5) is 0 Å². The number of hydrogen-bond acceptors (Lipinski definition) is 5. The third kappa shape index (κ3) is 6.74. The number of hydrogen-bond donors (Lipinski definition) is 2. The number of morpholine rings is 2. The van der Waals surface area contributed by atoms with E-state index in [1.807, 2.05) is 0 Å². The van der Waals surface area contributed by atoms with Crippen LogP contribution in [-0.2, 0) is 9.47 Å². The van der Waals surface area contributed by atoms with Crippen molar-refractivity contribution in [2.45, 2.75) is 13.0 Å². The molecule has 1 aromatic rings. The number of rotatable bonds is 8. The number of ether oxygens (including phenoxy) is 2. The zero-order chi connectivity index (χ0) is 19.4. The monoisotopic (exact) mass is 389 g/mol. The highest BCUT2D eigenvalue weighted by Crippen LogP contribution is 2.22. The van der Waals surface area contributed by atoms with Crippen molar-refractivity contribution in [3.63, 3.8) is 0 Å². The van der Waals surface area contributed by atoms with Crippen LogP contribution in [0.1, 0.15) is 18.5 Å². The fourth-order valence-corrected chi connectivity index (χ4v) is 3.67. The molecule has 2 fully saturated rings. The summed E-state index contributed by atoms with van der Waals surface area (Å²) < 4.78 is 11.0. The van der Waals surface area contributed by atoms with Crippen LogP contribution in [-0.4, -0.2) is 94.5 Å². The topological polar surface area (TPSA) is 61.4 Å².